The van der Waals surface area contributed by atoms with Crippen molar-refractivity contribution < 1.29 is 46.6 Å². The van der Waals surface area contributed by atoms with Crippen LogP contribution in [0.5, 0.6) is 17.2 Å². The molecule has 6 rings (SSSR count). The van der Waals surface area contributed by atoms with E-state index in [1.807, 2.05) is 0 Å². The first-order chi connectivity index (χ1) is 23.8. The lowest BCUT2D eigenvalue weighted by Gasteiger charge is -2.28. The van der Waals surface area contributed by atoms with E-state index in [0.29, 0.717) is 22.7 Å². The molecular formula is C34H31F3N6O7. The number of anilines is 1. The van der Waals surface area contributed by atoms with Crippen molar-refractivity contribution in [3.63, 3.8) is 0 Å². The molecule has 260 valence electrons. The quantitative estimate of drug-likeness (QED) is 0.271. The Morgan fingerprint density at radius 2 is 1.72 bits per heavy atom. The second-order valence-electron chi connectivity index (χ2n) is 11.6. The van der Waals surface area contributed by atoms with Crippen LogP contribution in [0.4, 0.5) is 18.9 Å². The standard InChI is InChI=1S/C34H31F3N6O7/c1-41(2)32(46)20-5-7-21(8-6-20)42-13-12-23-29(33(42)47)43(40-30(23)34(35,36)37)25-10-9-22(48-3)15-24(25)31(45)39-17-28(44)38-16-19-4-11-26-27(14-19)50-18-49-26/h4-11,14-15H,12-13,16-18H2,1-3H3,(H,38,44)(H,39,45). The number of hydrogen-bond acceptors (Lipinski definition) is 8. The molecule has 2 N–H and O–H groups in total. The molecule has 0 radical (unpaired) electrons. The summed E-state index contributed by atoms with van der Waals surface area (Å²) in [5, 5.41) is 8.99. The summed E-state index contributed by atoms with van der Waals surface area (Å²) < 4.78 is 59.6. The SMILES string of the molecule is COc1ccc(-n2nc(C(F)(F)F)c3c2C(=O)N(c2ccc(C(=O)N(C)C)cc2)CC3)c(C(=O)NCC(=O)NCc2ccc3c(c2)OCO3)c1. The fourth-order valence-corrected chi connectivity index (χ4v) is 5.63. The molecule has 0 fully saturated rings. The highest BCUT2D eigenvalue weighted by Gasteiger charge is 2.44. The van der Waals surface area contributed by atoms with E-state index in [1.165, 1.54) is 59.4 Å². The van der Waals surface area contributed by atoms with Crippen LogP contribution in [0, 0.1) is 0 Å². The van der Waals surface area contributed by atoms with Crippen molar-refractivity contribution in [2.75, 3.05) is 46.0 Å². The van der Waals surface area contributed by atoms with Crippen LogP contribution >= 0.6 is 0 Å². The molecule has 0 unspecified atom stereocenters. The predicted octanol–water partition coefficient (Wildman–Crippen LogP) is 3.58. The fraction of sp³-hybridized carbons (Fsp3) is 0.265. The highest BCUT2D eigenvalue weighted by Crippen LogP contribution is 2.38. The van der Waals surface area contributed by atoms with Gasteiger partial charge in [0.1, 0.15) is 11.4 Å². The van der Waals surface area contributed by atoms with E-state index in [0.717, 1.165) is 10.2 Å². The fourth-order valence-electron chi connectivity index (χ4n) is 5.63. The van der Waals surface area contributed by atoms with Crippen molar-refractivity contribution in [2.45, 2.75) is 19.1 Å². The van der Waals surface area contributed by atoms with Gasteiger partial charge in [-0.25, -0.2) is 4.68 Å². The molecule has 3 heterocycles. The third kappa shape index (κ3) is 6.63. The zero-order valence-electron chi connectivity index (χ0n) is 27.1. The van der Waals surface area contributed by atoms with Crippen molar-refractivity contribution in [1.82, 2.24) is 25.3 Å². The van der Waals surface area contributed by atoms with Gasteiger partial charge in [-0.05, 0) is 66.6 Å². The lowest BCUT2D eigenvalue weighted by atomic mass is 10.0. The van der Waals surface area contributed by atoms with Crippen LogP contribution in [0.15, 0.2) is 60.7 Å². The van der Waals surface area contributed by atoms with Crippen molar-refractivity contribution in [3.8, 4) is 22.9 Å². The van der Waals surface area contributed by atoms with Crippen LogP contribution < -0.4 is 29.7 Å². The van der Waals surface area contributed by atoms with Gasteiger partial charge in [0.05, 0.1) is 24.9 Å². The highest BCUT2D eigenvalue weighted by molar-refractivity contribution is 6.08. The molecule has 0 bridgehead atoms. The number of benzene rings is 3. The largest absolute Gasteiger partial charge is 0.497 e. The molecular weight excluding hydrogens is 661 g/mol. The zero-order valence-corrected chi connectivity index (χ0v) is 27.1. The van der Waals surface area contributed by atoms with Crippen LogP contribution in [0.25, 0.3) is 5.69 Å². The van der Waals surface area contributed by atoms with E-state index < -0.39 is 36.1 Å². The first-order valence-electron chi connectivity index (χ1n) is 15.3. The van der Waals surface area contributed by atoms with E-state index in [9.17, 15) is 32.3 Å². The summed E-state index contributed by atoms with van der Waals surface area (Å²) in [5.41, 5.74) is -0.829. The Morgan fingerprint density at radius 1 is 0.980 bits per heavy atom. The Bertz CT molecular complexity index is 1990. The van der Waals surface area contributed by atoms with Gasteiger partial charge in [-0.15, -0.1) is 0 Å². The summed E-state index contributed by atoms with van der Waals surface area (Å²) in [5.74, 6) is -1.08. The normalized spacial score (nSPS) is 13.5. The van der Waals surface area contributed by atoms with Crippen molar-refractivity contribution >= 4 is 29.3 Å². The monoisotopic (exact) mass is 692 g/mol. The molecule has 2 aliphatic heterocycles. The second-order valence-corrected chi connectivity index (χ2v) is 11.6. The molecule has 0 atom stereocenters. The van der Waals surface area contributed by atoms with Crippen molar-refractivity contribution in [2.24, 2.45) is 0 Å². The number of alkyl halides is 3. The van der Waals surface area contributed by atoms with E-state index >= 15 is 0 Å². The van der Waals surface area contributed by atoms with Gasteiger partial charge in [0.15, 0.2) is 17.2 Å². The average Bonchev–Trinajstić information content (AvgIpc) is 3.74. The molecule has 2 aliphatic rings. The number of rotatable bonds is 9. The van der Waals surface area contributed by atoms with Gasteiger partial charge in [0.25, 0.3) is 17.7 Å². The zero-order chi connectivity index (χ0) is 35.7. The number of amides is 4. The summed E-state index contributed by atoms with van der Waals surface area (Å²) in [6.07, 6.45) is -5.09. The van der Waals surface area contributed by atoms with Crippen molar-refractivity contribution in [1.29, 1.82) is 0 Å². The lowest BCUT2D eigenvalue weighted by Crippen LogP contribution is -2.39. The molecule has 0 saturated carbocycles. The number of aromatic nitrogens is 2. The van der Waals surface area contributed by atoms with Gasteiger partial charge >= 0.3 is 6.18 Å². The van der Waals surface area contributed by atoms with Crippen molar-refractivity contribution in [3.05, 3.63) is 94.3 Å². The molecule has 16 heteroatoms. The van der Waals surface area contributed by atoms with Crippen LogP contribution in [-0.2, 0) is 23.9 Å². The molecule has 50 heavy (non-hydrogen) atoms. The molecule has 4 amide bonds. The van der Waals surface area contributed by atoms with E-state index in [1.54, 1.807) is 32.3 Å². The Labute approximate surface area is 283 Å². The third-order valence-electron chi connectivity index (χ3n) is 8.13. The summed E-state index contributed by atoms with van der Waals surface area (Å²) in [4.78, 5) is 55.2. The Hall–Kier alpha value is -6.06. The minimum Gasteiger partial charge on any atom is -0.497 e. The summed E-state index contributed by atoms with van der Waals surface area (Å²) in [6, 6.07) is 15.3. The average molecular weight is 693 g/mol. The molecule has 13 nitrogen and oxygen atoms in total. The maximum absolute atomic E-state index is 14.3. The first kappa shape index (κ1) is 33.8. The Balaban J connectivity index is 1.27. The van der Waals surface area contributed by atoms with Crippen LogP contribution in [-0.4, -0.2) is 79.4 Å². The summed E-state index contributed by atoms with van der Waals surface area (Å²) >= 11 is 0. The number of fused-ring (bicyclic) bond motifs is 2. The van der Waals surface area contributed by atoms with Gasteiger partial charge in [0.2, 0.25) is 12.7 Å². The number of hydrogen-bond donors (Lipinski definition) is 2. The topological polar surface area (TPSA) is 144 Å². The molecule has 0 saturated heterocycles. The van der Waals surface area contributed by atoms with E-state index in [-0.39, 0.29) is 60.5 Å². The maximum atomic E-state index is 14.3. The lowest BCUT2D eigenvalue weighted by molar-refractivity contribution is -0.142. The van der Waals surface area contributed by atoms with Gasteiger partial charge in [0, 0.05) is 44.0 Å². The maximum Gasteiger partial charge on any atom is 0.435 e. The van der Waals surface area contributed by atoms with Crippen LogP contribution in [0.1, 0.15) is 48.0 Å². The first-order valence-corrected chi connectivity index (χ1v) is 15.3. The number of nitrogens with one attached hydrogen (secondary N) is 2. The van der Waals surface area contributed by atoms with Gasteiger partial charge < -0.3 is 34.6 Å². The minimum atomic E-state index is -4.91. The van der Waals surface area contributed by atoms with Gasteiger partial charge in [-0.2, -0.15) is 18.3 Å². The van der Waals surface area contributed by atoms with Crippen LogP contribution in [0.3, 0.4) is 0 Å². The number of halogens is 3. The predicted molar refractivity (Wildman–Crippen MR) is 172 cm³/mol. The number of ether oxygens (including phenoxy) is 3. The Morgan fingerprint density at radius 3 is 2.42 bits per heavy atom. The van der Waals surface area contributed by atoms with E-state index in [4.69, 9.17) is 14.2 Å². The third-order valence-corrected chi connectivity index (χ3v) is 8.13. The molecule has 1 aromatic heterocycles. The van der Waals surface area contributed by atoms with Gasteiger partial charge in [-0.3, -0.25) is 19.2 Å². The van der Waals surface area contributed by atoms with Gasteiger partial charge in [-0.1, -0.05) is 6.07 Å². The van der Waals surface area contributed by atoms with E-state index in [2.05, 4.69) is 15.7 Å². The summed E-state index contributed by atoms with van der Waals surface area (Å²) in [6.45, 7) is -0.325. The summed E-state index contributed by atoms with van der Waals surface area (Å²) in [7, 11) is 4.53. The molecule has 4 aromatic rings. The molecule has 0 aliphatic carbocycles. The molecule has 3 aromatic carbocycles. The van der Waals surface area contributed by atoms with Crippen LogP contribution in [0.2, 0.25) is 0 Å². The number of nitrogens with zero attached hydrogens (tertiary/aromatic N) is 4. The number of carbonyl (C=O) groups is 4. The number of methoxy groups -OCH3 is 1. The highest BCUT2D eigenvalue weighted by atomic mass is 19.4. The second kappa shape index (κ2) is 13.4. The smallest absolute Gasteiger partial charge is 0.435 e. The minimum absolute atomic E-state index is 0.0844. The molecule has 0 spiro atoms. The Kier molecular flexibility index (Phi) is 9.10. The number of carbonyl (C=O) groups excluding carboxylic acids is 4.